The third-order valence-electron chi connectivity index (χ3n) is 6.57. The van der Waals surface area contributed by atoms with Crippen molar-refractivity contribution in [3.05, 3.63) is 35.9 Å². The summed E-state index contributed by atoms with van der Waals surface area (Å²) in [6, 6.07) is 7.45. The van der Waals surface area contributed by atoms with Crippen LogP contribution in [0.4, 0.5) is 4.79 Å². The fourth-order valence-corrected chi connectivity index (χ4v) is 4.40. The summed E-state index contributed by atoms with van der Waals surface area (Å²) in [4.78, 5) is 41.9. The van der Waals surface area contributed by atoms with Crippen molar-refractivity contribution < 1.29 is 24.2 Å². The van der Waals surface area contributed by atoms with Crippen LogP contribution < -0.4 is 10.6 Å². The molecule has 1 aromatic carbocycles. The lowest BCUT2D eigenvalue weighted by molar-refractivity contribution is -0.142. The Morgan fingerprint density at radius 2 is 1.94 bits per heavy atom. The number of rotatable bonds is 6. The van der Waals surface area contributed by atoms with Crippen LogP contribution in [0.2, 0.25) is 0 Å². The molecule has 2 saturated heterocycles. The predicted molar refractivity (Wildman–Crippen MR) is 123 cm³/mol. The van der Waals surface area contributed by atoms with Gasteiger partial charge in [-0.1, -0.05) is 51.1 Å². The number of hydrogen-bond donors (Lipinski definition) is 3. The van der Waals surface area contributed by atoms with E-state index in [4.69, 9.17) is 4.74 Å². The Kier molecular flexibility index (Phi) is 7.64. The molecule has 2 heterocycles. The molecule has 1 aromatic rings. The van der Waals surface area contributed by atoms with E-state index in [1.165, 1.54) is 11.9 Å². The van der Waals surface area contributed by atoms with Gasteiger partial charge in [0, 0.05) is 26.2 Å². The van der Waals surface area contributed by atoms with E-state index in [2.05, 4.69) is 10.6 Å². The second-order valence-electron chi connectivity index (χ2n) is 10.0. The summed E-state index contributed by atoms with van der Waals surface area (Å²) in [5, 5.41) is 16.4. The number of fused-ring (bicyclic) bond motifs is 1. The fraction of sp³-hybridized carbons (Fsp3) is 0.625. The van der Waals surface area contributed by atoms with Gasteiger partial charge in [-0.3, -0.25) is 14.5 Å². The first-order chi connectivity index (χ1) is 15.5. The molecule has 0 saturated carbocycles. The number of amides is 3. The zero-order chi connectivity index (χ0) is 24.3. The Labute approximate surface area is 195 Å². The van der Waals surface area contributed by atoms with Gasteiger partial charge in [0.25, 0.3) is 0 Å². The maximum absolute atomic E-state index is 13.5. The van der Waals surface area contributed by atoms with Crippen molar-refractivity contribution in [1.29, 1.82) is 0 Å². The van der Waals surface area contributed by atoms with Crippen LogP contribution in [-0.4, -0.2) is 83.2 Å². The third kappa shape index (κ3) is 5.65. The molecule has 0 spiro atoms. The third-order valence-corrected chi connectivity index (χ3v) is 6.57. The molecule has 0 radical (unpaired) electrons. The molecule has 182 valence electrons. The summed E-state index contributed by atoms with van der Waals surface area (Å²) in [5.41, 5.74) is 0.288. The molecule has 2 aliphatic heterocycles. The first-order valence-electron chi connectivity index (χ1n) is 11.5. The minimum absolute atomic E-state index is 0.0738. The summed E-state index contributed by atoms with van der Waals surface area (Å²) in [7, 11) is 1.50. The fourth-order valence-electron chi connectivity index (χ4n) is 4.40. The van der Waals surface area contributed by atoms with Crippen molar-refractivity contribution >= 4 is 17.9 Å². The summed E-state index contributed by atoms with van der Waals surface area (Å²) in [6.45, 7) is 8.34. The number of aliphatic hydroxyl groups excluding tert-OH is 1. The summed E-state index contributed by atoms with van der Waals surface area (Å²) in [6.07, 6.45) is -0.477. The smallest absolute Gasteiger partial charge is 0.410 e. The van der Waals surface area contributed by atoms with Gasteiger partial charge in [-0.05, 0) is 24.3 Å². The van der Waals surface area contributed by atoms with Gasteiger partial charge in [0.05, 0.1) is 12.1 Å². The van der Waals surface area contributed by atoms with Crippen LogP contribution in [0.5, 0.6) is 0 Å². The van der Waals surface area contributed by atoms with Crippen LogP contribution in [0, 0.1) is 5.41 Å². The number of benzene rings is 1. The Balaban J connectivity index is 1.63. The van der Waals surface area contributed by atoms with E-state index in [0.717, 1.165) is 12.0 Å². The van der Waals surface area contributed by atoms with Crippen molar-refractivity contribution in [2.75, 3.05) is 20.1 Å². The molecular weight excluding hydrogens is 424 g/mol. The van der Waals surface area contributed by atoms with Crippen molar-refractivity contribution in [2.45, 2.75) is 71.0 Å². The van der Waals surface area contributed by atoms with Gasteiger partial charge < -0.3 is 25.4 Å². The summed E-state index contributed by atoms with van der Waals surface area (Å²) in [5.74, 6) is -0.657. The second kappa shape index (κ2) is 10.1. The first kappa shape index (κ1) is 25.0. The van der Waals surface area contributed by atoms with Crippen LogP contribution in [-0.2, 0) is 20.9 Å². The molecule has 33 heavy (non-hydrogen) atoms. The molecule has 0 aliphatic carbocycles. The maximum atomic E-state index is 13.5. The Bertz CT molecular complexity index is 856. The number of ether oxygens (including phenoxy) is 1. The molecule has 9 nitrogen and oxygen atoms in total. The number of nitrogens with one attached hydrogen (secondary N) is 2. The summed E-state index contributed by atoms with van der Waals surface area (Å²) < 4.78 is 5.32. The highest BCUT2D eigenvalue weighted by atomic mass is 16.6. The van der Waals surface area contributed by atoms with Gasteiger partial charge >= 0.3 is 6.09 Å². The lowest BCUT2D eigenvalue weighted by Crippen LogP contribution is -2.60. The van der Waals surface area contributed by atoms with E-state index in [0.29, 0.717) is 13.1 Å². The average molecular weight is 461 g/mol. The molecular formula is C24H36N4O5. The number of likely N-dealkylation sites (tertiary alicyclic amines) is 1. The minimum atomic E-state index is -0.837. The van der Waals surface area contributed by atoms with E-state index in [-0.39, 0.29) is 24.6 Å². The van der Waals surface area contributed by atoms with Gasteiger partial charge in [0.2, 0.25) is 11.8 Å². The predicted octanol–water partition coefficient (Wildman–Crippen LogP) is 1.11. The van der Waals surface area contributed by atoms with Gasteiger partial charge in [-0.2, -0.15) is 0 Å². The molecule has 3 amide bonds. The number of likely N-dealkylation sites (N-methyl/N-ethyl adjacent to an activating group) is 1. The quantitative estimate of drug-likeness (QED) is 0.587. The molecule has 5 atom stereocenters. The SMILES string of the molecule is C[C@@H](C(=O)N[C@H](C(=O)N1CC[C@H]2NC[C@H](O)[C@H]21)C(C)(C)C)N(C)C(=O)OCc1ccccc1. The number of β-amino-alcohol motifs (C(OH)–C–C–N with tert-alkyl or cyclic N) is 1. The van der Waals surface area contributed by atoms with Crippen LogP contribution in [0.3, 0.4) is 0 Å². The highest BCUT2D eigenvalue weighted by Gasteiger charge is 2.48. The molecule has 2 fully saturated rings. The molecule has 0 aromatic heterocycles. The van der Waals surface area contributed by atoms with E-state index < -0.39 is 35.6 Å². The molecule has 0 unspecified atom stereocenters. The molecule has 2 aliphatic rings. The minimum Gasteiger partial charge on any atom is -0.445 e. The standard InChI is InChI=1S/C24H36N4O5/c1-15(27(5)23(32)33-14-16-9-7-6-8-10-16)21(30)26-20(24(2,3)4)22(31)28-12-11-17-19(28)18(29)13-25-17/h6-10,15,17-20,25,29H,11-14H2,1-5H3,(H,26,30)/t15-,17+,18-,19-,20+/m0/s1. The zero-order valence-corrected chi connectivity index (χ0v) is 20.1. The lowest BCUT2D eigenvalue weighted by Gasteiger charge is -2.37. The normalized spacial score (nSPS) is 24.1. The molecule has 3 rings (SSSR count). The Hall–Kier alpha value is -2.65. The van der Waals surface area contributed by atoms with Gasteiger partial charge in [-0.25, -0.2) is 4.79 Å². The van der Waals surface area contributed by atoms with Crippen molar-refractivity contribution in [1.82, 2.24) is 20.4 Å². The lowest BCUT2D eigenvalue weighted by atomic mass is 9.85. The van der Waals surface area contributed by atoms with Gasteiger partial charge in [0.1, 0.15) is 18.7 Å². The van der Waals surface area contributed by atoms with E-state index in [9.17, 15) is 19.5 Å². The number of hydrogen-bond acceptors (Lipinski definition) is 6. The molecule has 3 N–H and O–H groups in total. The van der Waals surface area contributed by atoms with Crippen LogP contribution in [0.15, 0.2) is 30.3 Å². The maximum Gasteiger partial charge on any atom is 0.410 e. The largest absolute Gasteiger partial charge is 0.445 e. The number of carbonyl (C=O) groups excluding carboxylic acids is 3. The number of carbonyl (C=O) groups is 3. The van der Waals surface area contributed by atoms with E-state index >= 15 is 0 Å². The van der Waals surface area contributed by atoms with E-state index in [1.807, 2.05) is 51.1 Å². The monoisotopic (exact) mass is 460 g/mol. The Morgan fingerprint density at radius 1 is 1.27 bits per heavy atom. The average Bonchev–Trinajstić information content (AvgIpc) is 3.37. The van der Waals surface area contributed by atoms with E-state index in [1.54, 1.807) is 11.8 Å². The Morgan fingerprint density at radius 3 is 2.58 bits per heavy atom. The highest BCUT2D eigenvalue weighted by molar-refractivity contribution is 5.91. The topological polar surface area (TPSA) is 111 Å². The van der Waals surface area contributed by atoms with Crippen LogP contribution in [0.25, 0.3) is 0 Å². The highest BCUT2D eigenvalue weighted by Crippen LogP contribution is 2.29. The summed E-state index contributed by atoms with van der Waals surface area (Å²) >= 11 is 0. The number of aliphatic hydroxyl groups is 1. The number of nitrogens with zero attached hydrogens (tertiary/aromatic N) is 2. The second-order valence-corrected chi connectivity index (χ2v) is 10.0. The van der Waals surface area contributed by atoms with Crippen molar-refractivity contribution in [3.8, 4) is 0 Å². The zero-order valence-electron chi connectivity index (χ0n) is 20.1. The van der Waals surface area contributed by atoms with Crippen molar-refractivity contribution in [3.63, 3.8) is 0 Å². The van der Waals surface area contributed by atoms with Gasteiger partial charge in [0.15, 0.2) is 0 Å². The first-order valence-corrected chi connectivity index (χ1v) is 11.5. The van der Waals surface area contributed by atoms with Crippen LogP contribution in [0.1, 0.15) is 39.7 Å². The van der Waals surface area contributed by atoms with Gasteiger partial charge in [-0.15, -0.1) is 0 Å². The molecule has 0 bridgehead atoms. The molecule has 9 heteroatoms. The van der Waals surface area contributed by atoms with Crippen molar-refractivity contribution in [2.24, 2.45) is 5.41 Å². The van der Waals surface area contributed by atoms with Crippen LogP contribution >= 0.6 is 0 Å².